The number of aryl methyl sites for hydroxylation is 1. The van der Waals surface area contributed by atoms with Crippen molar-refractivity contribution in [3.8, 4) is 5.75 Å². The SMILES string of the molecule is CCOc1ccc(S(=O)(=O)NCC2CCN(C3CCCC3)CC2)cc1C. The zero-order valence-corrected chi connectivity index (χ0v) is 16.9. The van der Waals surface area contributed by atoms with Gasteiger partial charge in [-0.2, -0.15) is 0 Å². The molecule has 2 aliphatic rings. The molecule has 1 saturated carbocycles. The standard InChI is InChI=1S/C20H32N2O3S/c1-3-25-20-9-8-19(14-16(20)2)26(23,24)21-15-17-10-12-22(13-11-17)18-6-4-5-7-18/h8-9,14,17-18,21H,3-7,10-13,15H2,1-2H3. The van der Waals surface area contributed by atoms with Crippen LogP contribution in [0.5, 0.6) is 5.75 Å². The van der Waals surface area contributed by atoms with E-state index in [2.05, 4.69) is 9.62 Å². The molecule has 6 heteroatoms. The van der Waals surface area contributed by atoms with Gasteiger partial charge in [-0.15, -0.1) is 0 Å². The van der Waals surface area contributed by atoms with E-state index in [1.807, 2.05) is 13.8 Å². The van der Waals surface area contributed by atoms with Gasteiger partial charge in [0, 0.05) is 12.6 Å². The Bertz CT molecular complexity index is 691. The summed E-state index contributed by atoms with van der Waals surface area (Å²) in [4.78, 5) is 2.94. The average molecular weight is 381 g/mol. The number of nitrogens with one attached hydrogen (secondary N) is 1. The molecule has 1 saturated heterocycles. The Balaban J connectivity index is 1.51. The summed E-state index contributed by atoms with van der Waals surface area (Å²) in [5.41, 5.74) is 0.847. The predicted molar refractivity (Wildman–Crippen MR) is 104 cm³/mol. The molecule has 0 radical (unpaired) electrons. The molecule has 2 fully saturated rings. The van der Waals surface area contributed by atoms with Gasteiger partial charge in [-0.25, -0.2) is 13.1 Å². The fraction of sp³-hybridized carbons (Fsp3) is 0.700. The molecule has 1 aliphatic carbocycles. The topological polar surface area (TPSA) is 58.6 Å². The first-order chi connectivity index (χ1) is 12.5. The van der Waals surface area contributed by atoms with Gasteiger partial charge in [0.05, 0.1) is 11.5 Å². The van der Waals surface area contributed by atoms with E-state index in [1.54, 1.807) is 18.2 Å². The van der Waals surface area contributed by atoms with Crippen LogP contribution in [0.15, 0.2) is 23.1 Å². The summed E-state index contributed by atoms with van der Waals surface area (Å²) in [6.07, 6.45) is 7.59. The summed E-state index contributed by atoms with van der Waals surface area (Å²) in [5.74, 6) is 1.18. The van der Waals surface area contributed by atoms with Crippen molar-refractivity contribution in [3.63, 3.8) is 0 Å². The van der Waals surface area contributed by atoms with Crippen LogP contribution in [-0.2, 0) is 10.0 Å². The Hall–Kier alpha value is -1.11. The van der Waals surface area contributed by atoms with Crippen LogP contribution in [0.25, 0.3) is 0 Å². The monoisotopic (exact) mass is 380 g/mol. The Morgan fingerprint density at radius 2 is 1.85 bits per heavy atom. The summed E-state index contributed by atoms with van der Waals surface area (Å²) in [5, 5.41) is 0. The lowest BCUT2D eigenvalue weighted by atomic mass is 9.96. The van der Waals surface area contributed by atoms with Gasteiger partial charge in [-0.1, -0.05) is 12.8 Å². The molecule has 0 amide bonds. The minimum Gasteiger partial charge on any atom is -0.494 e. The van der Waals surface area contributed by atoms with Gasteiger partial charge in [0.2, 0.25) is 10.0 Å². The Kier molecular flexibility index (Phi) is 6.59. The van der Waals surface area contributed by atoms with Crippen molar-refractivity contribution in [2.24, 2.45) is 5.92 Å². The summed E-state index contributed by atoms with van der Waals surface area (Å²) in [7, 11) is -3.46. The summed E-state index contributed by atoms with van der Waals surface area (Å²) in [6.45, 7) is 7.13. The molecule has 1 aromatic carbocycles. The molecule has 0 atom stereocenters. The highest BCUT2D eigenvalue weighted by molar-refractivity contribution is 7.89. The summed E-state index contributed by atoms with van der Waals surface area (Å²) >= 11 is 0. The number of hydrogen-bond acceptors (Lipinski definition) is 4. The van der Waals surface area contributed by atoms with Gasteiger partial charge >= 0.3 is 0 Å². The summed E-state index contributed by atoms with van der Waals surface area (Å²) < 4.78 is 33.5. The number of nitrogens with zero attached hydrogens (tertiary/aromatic N) is 1. The van der Waals surface area contributed by atoms with Crippen LogP contribution >= 0.6 is 0 Å². The molecule has 0 bridgehead atoms. The number of benzene rings is 1. The maximum Gasteiger partial charge on any atom is 0.240 e. The maximum atomic E-state index is 12.6. The van der Waals surface area contributed by atoms with Crippen LogP contribution in [0.1, 0.15) is 51.0 Å². The van der Waals surface area contributed by atoms with E-state index < -0.39 is 10.0 Å². The lowest BCUT2D eigenvalue weighted by molar-refractivity contribution is 0.135. The van der Waals surface area contributed by atoms with E-state index in [4.69, 9.17) is 4.74 Å². The molecular formula is C20H32N2O3S. The smallest absolute Gasteiger partial charge is 0.240 e. The third-order valence-corrected chi connectivity index (χ3v) is 7.23. The number of likely N-dealkylation sites (tertiary alicyclic amines) is 1. The van der Waals surface area contributed by atoms with Crippen molar-refractivity contribution in [1.82, 2.24) is 9.62 Å². The molecule has 1 N–H and O–H groups in total. The van der Waals surface area contributed by atoms with E-state index in [1.165, 1.54) is 25.7 Å². The van der Waals surface area contributed by atoms with Gasteiger partial charge < -0.3 is 9.64 Å². The van der Waals surface area contributed by atoms with Gasteiger partial charge in [-0.3, -0.25) is 0 Å². The first-order valence-corrected chi connectivity index (χ1v) is 11.4. The van der Waals surface area contributed by atoms with E-state index in [0.29, 0.717) is 24.0 Å². The molecule has 1 aliphatic heterocycles. The molecule has 26 heavy (non-hydrogen) atoms. The molecule has 0 spiro atoms. The van der Waals surface area contributed by atoms with Gasteiger partial charge in [0.15, 0.2) is 0 Å². The maximum absolute atomic E-state index is 12.6. The molecular weight excluding hydrogens is 348 g/mol. The van der Waals surface area contributed by atoms with Crippen LogP contribution in [-0.4, -0.2) is 45.6 Å². The van der Waals surface area contributed by atoms with E-state index in [9.17, 15) is 8.42 Å². The first-order valence-electron chi connectivity index (χ1n) is 9.96. The number of hydrogen-bond donors (Lipinski definition) is 1. The molecule has 0 unspecified atom stereocenters. The van der Waals surface area contributed by atoms with E-state index in [-0.39, 0.29) is 0 Å². The zero-order valence-electron chi connectivity index (χ0n) is 16.0. The van der Waals surface area contributed by atoms with E-state index >= 15 is 0 Å². The quantitative estimate of drug-likeness (QED) is 0.788. The van der Waals surface area contributed by atoms with Crippen LogP contribution in [0.3, 0.4) is 0 Å². The highest BCUT2D eigenvalue weighted by Gasteiger charge is 2.27. The third-order valence-electron chi connectivity index (χ3n) is 5.81. The highest BCUT2D eigenvalue weighted by Crippen LogP contribution is 2.28. The number of rotatable bonds is 7. The third kappa shape index (κ3) is 4.78. The van der Waals surface area contributed by atoms with Crippen molar-refractivity contribution >= 4 is 10.0 Å². The lowest BCUT2D eigenvalue weighted by Gasteiger charge is -2.36. The fourth-order valence-corrected chi connectivity index (χ4v) is 5.41. The van der Waals surface area contributed by atoms with Crippen LogP contribution in [0.2, 0.25) is 0 Å². The predicted octanol–water partition coefficient (Wildman–Crippen LogP) is 3.33. The minimum atomic E-state index is -3.46. The number of piperidine rings is 1. The molecule has 1 aromatic rings. The highest BCUT2D eigenvalue weighted by atomic mass is 32.2. The van der Waals surface area contributed by atoms with Crippen molar-refractivity contribution in [2.45, 2.75) is 63.3 Å². The van der Waals surface area contributed by atoms with E-state index in [0.717, 1.165) is 43.3 Å². The second kappa shape index (κ2) is 8.72. The van der Waals surface area contributed by atoms with Gasteiger partial charge in [0.25, 0.3) is 0 Å². The molecule has 0 aromatic heterocycles. The molecule has 3 rings (SSSR count). The molecule has 1 heterocycles. The van der Waals surface area contributed by atoms with Crippen molar-refractivity contribution < 1.29 is 13.2 Å². The Labute approximate surface area is 158 Å². The normalized spacial score (nSPS) is 20.5. The van der Waals surface area contributed by atoms with Crippen molar-refractivity contribution in [2.75, 3.05) is 26.2 Å². The summed E-state index contributed by atoms with van der Waals surface area (Å²) in [6, 6.07) is 5.84. The van der Waals surface area contributed by atoms with Crippen LogP contribution in [0.4, 0.5) is 0 Å². The first kappa shape index (κ1) is 19.6. The van der Waals surface area contributed by atoms with Crippen molar-refractivity contribution in [1.29, 1.82) is 0 Å². The average Bonchev–Trinajstić information content (AvgIpc) is 3.17. The van der Waals surface area contributed by atoms with Crippen molar-refractivity contribution in [3.05, 3.63) is 23.8 Å². The molecule has 146 valence electrons. The lowest BCUT2D eigenvalue weighted by Crippen LogP contribution is -2.42. The molecule has 5 nitrogen and oxygen atoms in total. The minimum absolute atomic E-state index is 0.321. The van der Waals surface area contributed by atoms with Crippen LogP contribution in [0, 0.1) is 12.8 Å². The number of ether oxygens (including phenoxy) is 1. The second-order valence-corrected chi connectivity index (χ2v) is 9.40. The second-order valence-electron chi connectivity index (χ2n) is 7.63. The van der Waals surface area contributed by atoms with Gasteiger partial charge in [-0.05, 0) is 82.3 Å². The fourth-order valence-electron chi connectivity index (χ4n) is 4.21. The Morgan fingerprint density at radius 1 is 1.15 bits per heavy atom. The zero-order chi connectivity index (χ0) is 18.6. The Morgan fingerprint density at radius 3 is 2.46 bits per heavy atom. The number of sulfonamides is 1. The van der Waals surface area contributed by atoms with Gasteiger partial charge in [0.1, 0.15) is 5.75 Å². The largest absolute Gasteiger partial charge is 0.494 e. The van der Waals surface area contributed by atoms with Crippen LogP contribution < -0.4 is 9.46 Å².